The van der Waals surface area contributed by atoms with Crippen LogP contribution in [0.15, 0.2) is 0 Å². The molecule has 78 valence electrons. The predicted octanol–water partition coefficient (Wildman–Crippen LogP) is 0.360. The average Bonchev–Trinajstić information content (AvgIpc) is 1.94. The van der Waals surface area contributed by atoms with Crippen LogP contribution in [-0.4, -0.2) is 29.9 Å². The van der Waals surface area contributed by atoms with Crippen LogP contribution in [0.2, 0.25) is 0 Å². The highest BCUT2D eigenvalue weighted by atomic mass is 32.2. The lowest BCUT2D eigenvalue weighted by molar-refractivity contribution is 0.227. The zero-order valence-electron chi connectivity index (χ0n) is 7.43. The molecule has 0 rings (SSSR count). The lowest BCUT2D eigenvalue weighted by Gasteiger charge is -2.15. The number of primary amides is 1. The maximum absolute atomic E-state index is 10.5. The lowest BCUT2D eigenvalue weighted by atomic mass is 10.2. The largest absolute Gasteiger partial charge is 0.363 e. The minimum atomic E-state index is -4.49. The Morgan fingerprint density at radius 1 is 1.46 bits per heavy atom. The van der Waals surface area contributed by atoms with E-state index in [1.54, 1.807) is 0 Å². The molecule has 0 aliphatic heterocycles. The van der Waals surface area contributed by atoms with Crippen molar-refractivity contribution in [2.75, 3.05) is 6.54 Å². The van der Waals surface area contributed by atoms with Gasteiger partial charge in [0, 0.05) is 6.54 Å². The molecule has 2 amide bonds. The van der Waals surface area contributed by atoms with Crippen LogP contribution < -0.4 is 5.73 Å². The van der Waals surface area contributed by atoms with Crippen LogP contribution in [-0.2, 0) is 10.3 Å². The Hall–Kier alpha value is -0.820. The fraction of sp³-hybridized carbons (Fsp3) is 0.833. The van der Waals surface area contributed by atoms with Crippen LogP contribution >= 0.6 is 0 Å². The van der Waals surface area contributed by atoms with Crippen molar-refractivity contribution in [3.05, 3.63) is 0 Å². The number of urea groups is 1. The first-order valence-electron chi connectivity index (χ1n) is 3.94. The number of carbonyl (C=O) groups excluding carboxylic acids is 1. The summed E-state index contributed by atoms with van der Waals surface area (Å²) in [5, 5.41) is 0. The van der Waals surface area contributed by atoms with E-state index in [1.807, 2.05) is 6.92 Å². The van der Waals surface area contributed by atoms with Gasteiger partial charge in [0.05, 0.1) is 0 Å². The van der Waals surface area contributed by atoms with Crippen molar-refractivity contribution in [1.29, 1.82) is 0 Å². The van der Waals surface area contributed by atoms with Gasteiger partial charge in [0.1, 0.15) is 0 Å². The first-order chi connectivity index (χ1) is 5.89. The summed E-state index contributed by atoms with van der Waals surface area (Å²) < 4.78 is 29.9. The zero-order chi connectivity index (χ0) is 10.5. The summed E-state index contributed by atoms with van der Waals surface area (Å²) in [6.45, 7) is 1.87. The van der Waals surface area contributed by atoms with Crippen LogP contribution in [0.1, 0.15) is 26.2 Å². The maximum atomic E-state index is 10.5. The molecule has 0 saturated carbocycles. The molecule has 0 aliphatic carbocycles. The molecule has 0 saturated heterocycles. The molecular formula is C6H14N2O4S. The van der Waals surface area contributed by atoms with Crippen molar-refractivity contribution < 1.29 is 17.8 Å². The SMILES string of the molecule is CCCCCN(C(N)=O)S(=O)(=O)O. The molecule has 13 heavy (non-hydrogen) atoms. The summed E-state index contributed by atoms with van der Waals surface area (Å²) in [6.07, 6.45) is 2.16. The van der Waals surface area contributed by atoms with Gasteiger partial charge < -0.3 is 5.73 Å². The van der Waals surface area contributed by atoms with Gasteiger partial charge in [-0.3, -0.25) is 4.55 Å². The van der Waals surface area contributed by atoms with Crippen LogP contribution in [0.3, 0.4) is 0 Å². The Labute approximate surface area is 77.6 Å². The average molecular weight is 210 g/mol. The minimum absolute atomic E-state index is 0.0675. The van der Waals surface area contributed by atoms with Crippen LogP contribution in [0.5, 0.6) is 0 Å². The molecule has 0 aromatic rings. The molecule has 7 heteroatoms. The van der Waals surface area contributed by atoms with E-state index in [0.29, 0.717) is 6.42 Å². The smallest absolute Gasteiger partial charge is 0.351 e. The van der Waals surface area contributed by atoms with Gasteiger partial charge in [-0.15, -0.1) is 0 Å². The second-order valence-electron chi connectivity index (χ2n) is 2.60. The van der Waals surface area contributed by atoms with Gasteiger partial charge in [0.15, 0.2) is 0 Å². The monoisotopic (exact) mass is 210 g/mol. The van der Waals surface area contributed by atoms with Gasteiger partial charge in [-0.25, -0.2) is 4.79 Å². The molecule has 6 nitrogen and oxygen atoms in total. The Morgan fingerprint density at radius 2 is 2.00 bits per heavy atom. The number of nitrogens with zero attached hydrogens (tertiary/aromatic N) is 1. The third kappa shape index (κ3) is 4.69. The van der Waals surface area contributed by atoms with E-state index in [4.69, 9.17) is 10.3 Å². The number of unbranched alkanes of at least 4 members (excludes halogenated alkanes) is 2. The molecule has 0 aliphatic rings. The molecule has 0 bridgehead atoms. The topological polar surface area (TPSA) is 101 Å². The van der Waals surface area contributed by atoms with E-state index in [2.05, 4.69) is 0 Å². The highest BCUT2D eigenvalue weighted by molar-refractivity contribution is 7.83. The maximum Gasteiger partial charge on any atom is 0.363 e. The number of amides is 2. The van der Waals surface area contributed by atoms with Crippen molar-refractivity contribution >= 4 is 16.3 Å². The Balaban J connectivity index is 4.22. The number of nitrogens with two attached hydrogens (primary N) is 1. The van der Waals surface area contributed by atoms with Crippen LogP contribution in [0, 0.1) is 0 Å². The number of hydrogen-bond donors (Lipinski definition) is 2. The molecule has 0 fully saturated rings. The summed E-state index contributed by atoms with van der Waals surface area (Å²) in [6, 6.07) is -1.15. The van der Waals surface area contributed by atoms with Crippen LogP contribution in [0.4, 0.5) is 4.79 Å². The molecule has 0 radical (unpaired) electrons. The minimum Gasteiger partial charge on any atom is -0.351 e. The molecule has 0 unspecified atom stereocenters. The van der Waals surface area contributed by atoms with Gasteiger partial charge in [-0.05, 0) is 6.42 Å². The van der Waals surface area contributed by atoms with E-state index in [0.717, 1.165) is 12.8 Å². The summed E-state index contributed by atoms with van der Waals surface area (Å²) in [7, 11) is -4.49. The quantitative estimate of drug-likeness (QED) is 0.505. The van der Waals surface area contributed by atoms with Gasteiger partial charge in [-0.2, -0.15) is 12.7 Å². The van der Waals surface area contributed by atoms with Gasteiger partial charge in [0.2, 0.25) is 0 Å². The first kappa shape index (κ1) is 12.2. The second-order valence-corrected chi connectivity index (χ2v) is 3.93. The Kier molecular flexibility index (Phi) is 4.71. The van der Waals surface area contributed by atoms with E-state index >= 15 is 0 Å². The summed E-state index contributed by atoms with van der Waals surface area (Å²) in [5.41, 5.74) is 4.75. The van der Waals surface area contributed by atoms with E-state index in [9.17, 15) is 13.2 Å². The molecule has 0 atom stereocenters. The fourth-order valence-electron chi connectivity index (χ4n) is 0.845. The Morgan fingerprint density at radius 3 is 2.31 bits per heavy atom. The van der Waals surface area contributed by atoms with Crippen molar-refractivity contribution in [3.63, 3.8) is 0 Å². The highest BCUT2D eigenvalue weighted by Crippen LogP contribution is 2.02. The van der Waals surface area contributed by atoms with E-state index in [-0.39, 0.29) is 10.8 Å². The molecule has 3 N–H and O–H groups in total. The fourth-order valence-corrected chi connectivity index (χ4v) is 1.43. The summed E-state index contributed by atoms with van der Waals surface area (Å²) in [5.74, 6) is 0. The lowest BCUT2D eigenvalue weighted by Crippen LogP contribution is -2.40. The van der Waals surface area contributed by atoms with Gasteiger partial charge >= 0.3 is 16.3 Å². The molecule has 0 heterocycles. The van der Waals surface area contributed by atoms with E-state index in [1.165, 1.54) is 0 Å². The second kappa shape index (κ2) is 5.03. The summed E-state index contributed by atoms with van der Waals surface area (Å²) in [4.78, 5) is 10.5. The molecular weight excluding hydrogens is 196 g/mol. The normalized spacial score (nSPS) is 11.2. The zero-order valence-corrected chi connectivity index (χ0v) is 8.25. The number of rotatable bonds is 5. The van der Waals surface area contributed by atoms with Crippen LogP contribution in [0.25, 0.3) is 0 Å². The number of carbonyl (C=O) groups is 1. The third-order valence-corrected chi connectivity index (χ3v) is 2.41. The van der Waals surface area contributed by atoms with Crippen molar-refractivity contribution in [2.24, 2.45) is 5.73 Å². The van der Waals surface area contributed by atoms with Gasteiger partial charge in [-0.1, -0.05) is 19.8 Å². The molecule has 0 aromatic carbocycles. The first-order valence-corrected chi connectivity index (χ1v) is 5.34. The number of hydrogen-bond acceptors (Lipinski definition) is 3. The predicted molar refractivity (Wildman–Crippen MR) is 47.4 cm³/mol. The van der Waals surface area contributed by atoms with Crippen molar-refractivity contribution in [2.45, 2.75) is 26.2 Å². The Bertz CT molecular complexity index is 262. The van der Waals surface area contributed by atoms with Crippen molar-refractivity contribution in [1.82, 2.24) is 4.31 Å². The molecule has 0 aromatic heterocycles. The van der Waals surface area contributed by atoms with E-state index < -0.39 is 16.3 Å². The van der Waals surface area contributed by atoms with Crippen molar-refractivity contribution in [3.8, 4) is 0 Å². The standard InChI is InChI=1S/C6H14N2O4S/c1-2-3-4-5-8(6(7)9)13(10,11)12/h2-5H2,1H3,(H2,7,9)(H,10,11,12). The van der Waals surface area contributed by atoms with Gasteiger partial charge in [0.25, 0.3) is 0 Å². The summed E-state index contributed by atoms with van der Waals surface area (Å²) >= 11 is 0. The molecule has 0 spiro atoms. The highest BCUT2D eigenvalue weighted by Gasteiger charge is 2.21. The third-order valence-electron chi connectivity index (χ3n) is 1.49.